The molecule has 0 saturated carbocycles. The van der Waals surface area contributed by atoms with Crippen molar-refractivity contribution in [3.05, 3.63) is 39.9 Å². The van der Waals surface area contributed by atoms with E-state index >= 15 is 0 Å². The molecule has 1 radical (unpaired) electrons. The maximum Gasteiger partial charge on any atom is 0.269 e. The van der Waals surface area contributed by atoms with Crippen LogP contribution < -0.4 is 10.0 Å². The summed E-state index contributed by atoms with van der Waals surface area (Å²) in [5.74, 6) is -0.332. The zero-order valence-electron chi connectivity index (χ0n) is 10.9. The second-order valence-electron chi connectivity index (χ2n) is 4.33. The third-order valence-electron chi connectivity index (χ3n) is 2.81. The van der Waals surface area contributed by atoms with Gasteiger partial charge in [-0.1, -0.05) is 24.4 Å². The molecule has 0 aromatic heterocycles. The molecule has 0 amide bonds. The van der Waals surface area contributed by atoms with Crippen molar-refractivity contribution < 1.29 is 13.3 Å². The molecule has 0 aliphatic carbocycles. The molecule has 0 bridgehead atoms. The summed E-state index contributed by atoms with van der Waals surface area (Å²) in [6, 6.07) is 5.73. The zero-order chi connectivity index (χ0) is 15.4. The molecule has 0 saturated heterocycles. The van der Waals surface area contributed by atoms with E-state index in [4.69, 9.17) is 0 Å². The van der Waals surface area contributed by atoms with Crippen molar-refractivity contribution in [2.45, 2.75) is 12.5 Å². The van der Waals surface area contributed by atoms with Gasteiger partial charge in [-0.2, -0.15) is 0 Å². The van der Waals surface area contributed by atoms with Crippen LogP contribution in [-0.4, -0.2) is 31.6 Å². The number of thiocarbonyl (C=S) groups is 1. The van der Waals surface area contributed by atoms with Crippen LogP contribution in [0.25, 0.3) is 0 Å². The molecule has 1 rings (SSSR count). The van der Waals surface area contributed by atoms with Crippen LogP contribution in [0.3, 0.4) is 0 Å². The lowest BCUT2D eigenvalue weighted by Gasteiger charge is -2.29. The molecule has 0 aliphatic heterocycles. The van der Waals surface area contributed by atoms with Crippen LogP contribution in [0.15, 0.2) is 24.3 Å². The number of hydrogen-bond acceptors (Lipinski definition) is 5. The van der Waals surface area contributed by atoms with Crippen molar-refractivity contribution in [3.63, 3.8) is 0 Å². The lowest BCUT2D eigenvalue weighted by molar-refractivity contribution is -0.385. The Morgan fingerprint density at radius 2 is 2.15 bits per heavy atom. The van der Waals surface area contributed by atoms with E-state index in [2.05, 4.69) is 27.7 Å². The maximum absolute atomic E-state index is 11.7. The Hall–Kier alpha value is -1.58. The van der Waals surface area contributed by atoms with E-state index < -0.39 is 20.5 Å². The summed E-state index contributed by atoms with van der Waals surface area (Å²) in [4.78, 5) is 10.3. The first-order valence-corrected chi connectivity index (χ1v) is 7.60. The van der Waals surface area contributed by atoms with Gasteiger partial charge in [-0.25, -0.2) is 13.1 Å². The Labute approximate surface area is 122 Å². The molecule has 109 valence electrons. The summed E-state index contributed by atoms with van der Waals surface area (Å²) < 4.78 is 25.7. The number of nitro groups is 1. The van der Waals surface area contributed by atoms with Gasteiger partial charge < -0.3 is 5.32 Å². The molecule has 2 N–H and O–H groups in total. The van der Waals surface area contributed by atoms with Crippen LogP contribution in [0.5, 0.6) is 0 Å². The lowest BCUT2D eigenvalue weighted by atomic mass is 9.94. The van der Waals surface area contributed by atoms with Crippen LogP contribution in [0.4, 0.5) is 5.69 Å². The highest BCUT2D eigenvalue weighted by atomic mass is 32.2. The molecule has 20 heavy (non-hydrogen) atoms. The van der Waals surface area contributed by atoms with Crippen molar-refractivity contribution in [2.75, 3.05) is 12.8 Å². The topological polar surface area (TPSA) is 101 Å². The summed E-state index contributed by atoms with van der Waals surface area (Å²) in [5, 5.41) is 13.5. The Kier molecular flexibility index (Phi) is 5.15. The Bertz CT molecular complexity index is 618. The summed E-state index contributed by atoms with van der Waals surface area (Å²) in [5.41, 5.74) is 1.47. The van der Waals surface area contributed by atoms with Crippen molar-refractivity contribution >= 4 is 33.4 Å². The minimum atomic E-state index is -3.55. The molecule has 1 aromatic rings. The summed E-state index contributed by atoms with van der Waals surface area (Å²) in [6.45, 7) is 1.58. The van der Waals surface area contributed by atoms with E-state index in [0.717, 1.165) is 0 Å². The first-order valence-electron chi connectivity index (χ1n) is 5.54. The van der Waals surface area contributed by atoms with Gasteiger partial charge in [0.25, 0.3) is 5.69 Å². The van der Waals surface area contributed by atoms with Crippen LogP contribution >= 0.6 is 12.2 Å². The van der Waals surface area contributed by atoms with Gasteiger partial charge >= 0.3 is 0 Å². The summed E-state index contributed by atoms with van der Waals surface area (Å²) >= 11 is 4.60. The Morgan fingerprint density at radius 1 is 1.50 bits per heavy atom. The fourth-order valence-electron chi connectivity index (χ4n) is 1.72. The van der Waals surface area contributed by atoms with Gasteiger partial charge in [-0.3, -0.25) is 10.1 Å². The zero-order valence-corrected chi connectivity index (χ0v) is 12.5. The highest BCUT2D eigenvalue weighted by Gasteiger charge is 2.32. The molecule has 1 atom stereocenters. The molecule has 0 unspecified atom stereocenters. The minimum Gasteiger partial charge on any atom is -0.364 e. The maximum atomic E-state index is 11.7. The van der Waals surface area contributed by atoms with Gasteiger partial charge in [0.05, 0.1) is 16.2 Å². The number of non-ortho nitro benzene ring substituents is 1. The van der Waals surface area contributed by atoms with E-state index in [0.29, 0.717) is 5.56 Å². The number of hydrogen-bond donors (Lipinski definition) is 2. The number of nitrogens with zero attached hydrogens (tertiary/aromatic N) is 1. The molecule has 0 aliphatic rings. The number of nitro benzene ring substituents is 1. The first kappa shape index (κ1) is 16.5. The second-order valence-corrected chi connectivity index (χ2v) is 6.46. The third kappa shape index (κ3) is 3.95. The van der Waals surface area contributed by atoms with E-state index in [9.17, 15) is 18.5 Å². The molecule has 7 nitrogen and oxygen atoms in total. The SMILES string of the molecule is CNS(=O)(=O)C[C@](C)(N[C]=S)c1cccc([N+](=O)[O-])c1. The molecule has 0 heterocycles. The fourth-order valence-corrected chi connectivity index (χ4v) is 3.09. The van der Waals surface area contributed by atoms with Crippen molar-refractivity contribution in [3.8, 4) is 0 Å². The van der Waals surface area contributed by atoms with Crippen molar-refractivity contribution in [2.24, 2.45) is 0 Å². The van der Waals surface area contributed by atoms with Crippen molar-refractivity contribution in [1.29, 1.82) is 0 Å². The molecule has 1 aromatic carbocycles. The predicted octanol–water partition coefficient (Wildman–Crippen LogP) is 0.783. The smallest absolute Gasteiger partial charge is 0.269 e. The van der Waals surface area contributed by atoms with Gasteiger partial charge in [-0.15, -0.1) is 0 Å². The normalized spacial score (nSPS) is 14.3. The summed E-state index contributed by atoms with van der Waals surface area (Å²) in [7, 11) is -2.25. The minimum absolute atomic E-state index is 0.123. The lowest BCUT2D eigenvalue weighted by Crippen LogP contribution is -2.46. The second kappa shape index (κ2) is 6.25. The van der Waals surface area contributed by atoms with Gasteiger partial charge in [0.15, 0.2) is 0 Å². The molecule has 0 fully saturated rings. The van der Waals surface area contributed by atoms with Gasteiger partial charge in [-0.05, 0) is 19.5 Å². The molecular weight excluding hydrogens is 302 g/mol. The van der Waals surface area contributed by atoms with E-state index in [1.165, 1.54) is 25.2 Å². The van der Waals surface area contributed by atoms with Gasteiger partial charge in [0.1, 0.15) is 5.49 Å². The highest BCUT2D eigenvalue weighted by molar-refractivity contribution is 7.89. The standard InChI is InChI=1S/C11H14N3O4S2/c1-11(13-8-19,7-20(17,18)12-2)9-4-3-5-10(6-9)14(15)16/h3-6,12H,7H2,1-2H3,(H,13,19)/t11-/m0/s1. The average molecular weight is 316 g/mol. The number of nitrogens with one attached hydrogen (secondary N) is 2. The van der Waals surface area contributed by atoms with Crippen LogP contribution in [-0.2, 0) is 15.6 Å². The first-order chi connectivity index (χ1) is 9.24. The Morgan fingerprint density at radius 3 is 2.65 bits per heavy atom. The largest absolute Gasteiger partial charge is 0.364 e. The molecular formula is C11H14N3O4S2. The van der Waals surface area contributed by atoms with Crippen molar-refractivity contribution in [1.82, 2.24) is 10.0 Å². The monoisotopic (exact) mass is 316 g/mol. The third-order valence-corrected chi connectivity index (χ3v) is 4.49. The number of benzene rings is 1. The quantitative estimate of drug-likeness (QED) is 0.334. The van der Waals surface area contributed by atoms with Gasteiger partial charge in [0, 0.05) is 12.1 Å². The molecule has 0 spiro atoms. The van der Waals surface area contributed by atoms with E-state index in [-0.39, 0.29) is 11.4 Å². The Balaban J connectivity index is 3.28. The predicted molar refractivity (Wildman–Crippen MR) is 79.0 cm³/mol. The average Bonchev–Trinajstić information content (AvgIpc) is 2.38. The van der Waals surface area contributed by atoms with Gasteiger partial charge in [0.2, 0.25) is 10.0 Å². The molecule has 9 heteroatoms. The van der Waals surface area contributed by atoms with E-state index in [1.54, 1.807) is 13.0 Å². The number of sulfonamides is 1. The number of rotatable bonds is 7. The van der Waals surface area contributed by atoms with E-state index in [1.807, 2.05) is 0 Å². The fraction of sp³-hybridized carbons (Fsp3) is 0.364. The summed E-state index contributed by atoms with van der Waals surface area (Å²) in [6.07, 6.45) is 0. The van der Waals surface area contributed by atoms with Crippen LogP contribution in [0, 0.1) is 10.1 Å². The van der Waals surface area contributed by atoms with Crippen LogP contribution in [0.1, 0.15) is 12.5 Å². The van der Waals surface area contributed by atoms with Crippen LogP contribution in [0.2, 0.25) is 0 Å². The highest BCUT2D eigenvalue weighted by Crippen LogP contribution is 2.25.